The summed E-state index contributed by atoms with van der Waals surface area (Å²) in [6.45, 7) is 2.03. The van der Waals surface area contributed by atoms with Crippen LogP contribution >= 0.6 is 11.3 Å². The van der Waals surface area contributed by atoms with E-state index in [0.29, 0.717) is 17.5 Å². The van der Waals surface area contributed by atoms with Crippen molar-refractivity contribution in [3.8, 4) is 0 Å². The predicted octanol–water partition coefficient (Wildman–Crippen LogP) is 3.36. The first-order chi connectivity index (χ1) is 14.7. The lowest BCUT2D eigenvalue weighted by Crippen LogP contribution is -2.32. The minimum atomic E-state index is -0.117. The van der Waals surface area contributed by atoms with Gasteiger partial charge in [-0.2, -0.15) is 0 Å². The van der Waals surface area contributed by atoms with E-state index in [2.05, 4.69) is 20.2 Å². The second-order valence-electron chi connectivity index (χ2n) is 7.97. The van der Waals surface area contributed by atoms with Gasteiger partial charge in [-0.15, -0.1) is 11.3 Å². The number of hydrogen-bond acceptors (Lipinski definition) is 6. The Hall–Kier alpha value is -2.74. The maximum atomic E-state index is 13.2. The van der Waals surface area contributed by atoms with Crippen LogP contribution in [0.5, 0.6) is 0 Å². The van der Waals surface area contributed by atoms with Gasteiger partial charge in [0.1, 0.15) is 0 Å². The van der Waals surface area contributed by atoms with Crippen LogP contribution in [0.3, 0.4) is 0 Å². The predicted molar refractivity (Wildman–Crippen MR) is 119 cm³/mol. The summed E-state index contributed by atoms with van der Waals surface area (Å²) in [4.78, 5) is 38.4. The molecule has 1 aromatic carbocycles. The Labute approximate surface area is 178 Å². The number of fused-ring (bicyclic) bond motifs is 2. The number of aromatic nitrogens is 3. The van der Waals surface area contributed by atoms with E-state index in [0.717, 1.165) is 55.5 Å². The molecule has 8 heteroatoms. The van der Waals surface area contributed by atoms with E-state index in [-0.39, 0.29) is 17.9 Å². The first-order valence-electron chi connectivity index (χ1n) is 10.7. The van der Waals surface area contributed by atoms with E-state index in [4.69, 9.17) is 0 Å². The molecule has 1 aliphatic heterocycles. The third-order valence-electron chi connectivity index (χ3n) is 5.90. The summed E-state index contributed by atoms with van der Waals surface area (Å²) in [5.74, 6) is 0.385. The van der Waals surface area contributed by atoms with Crippen LogP contribution in [0.1, 0.15) is 42.7 Å². The zero-order chi connectivity index (χ0) is 20.5. The molecule has 1 N–H and O–H groups in total. The zero-order valence-electron chi connectivity index (χ0n) is 16.9. The van der Waals surface area contributed by atoms with Gasteiger partial charge in [0.2, 0.25) is 5.91 Å². The molecule has 5 rings (SSSR count). The first-order valence-corrected chi connectivity index (χ1v) is 11.5. The highest BCUT2D eigenvalue weighted by Gasteiger charge is 2.21. The van der Waals surface area contributed by atoms with Crippen molar-refractivity contribution in [2.24, 2.45) is 0 Å². The number of nitrogens with zero attached hydrogens (tertiary/aromatic N) is 4. The monoisotopic (exact) mass is 423 g/mol. The molecule has 2 aliphatic rings. The molecule has 0 spiro atoms. The molecule has 0 radical (unpaired) electrons. The van der Waals surface area contributed by atoms with Gasteiger partial charge in [0.15, 0.2) is 10.9 Å². The highest BCUT2D eigenvalue weighted by Crippen LogP contribution is 2.29. The number of rotatable bonds is 5. The van der Waals surface area contributed by atoms with E-state index in [1.54, 1.807) is 15.9 Å². The standard InChI is InChI=1S/C22H25N5O2S/c28-19(25-22-24-16-8-2-4-10-18(16)30-22)11-14-27-17-9-3-1-7-15(17)23-20(21(27)29)26-12-5-6-13-26/h1,3,7,9H,2,4-6,8,10-14H2,(H,24,25,28). The molecule has 30 heavy (non-hydrogen) atoms. The lowest BCUT2D eigenvalue weighted by Gasteiger charge is -2.18. The van der Waals surface area contributed by atoms with Crippen molar-refractivity contribution in [3.63, 3.8) is 0 Å². The summed E-state index contributed by atoms with van der Waals surface area (Å²) >= 11 is 1.58. The number of amides is 1. The lowest BCUT2D eigenvalue weighted by molar-refractivity contribution is -0.116. The molecule has 156 valence electrons. The fourth-order valence-corrected chi connectivity index (χ4v) is 5.40. The second-order valence-corrected chi connectivity index (χ2v) is 9.05. The Kier molecular flexibility index (Phi) is 5.25. The number of nitrogens with one attached hydrogen (secondary N) is 1. The average Bonchev–Trinajstić information content (AvgIpc) is 3.42. The van der Waals surface area contributed by atoms with Crippen molar-refractivity contribution in [2.75, 3.05) is 23.3 Å². The fraction of sp³-hybridized carbons (Fsp3) is 0.455. The van der Waals surface area contributed by atoms with Gasteiger partial charge < -0.3 is 14.8 Å². The Morgan fingerprint density at radius 2 is 1.87 bits per heavy atom. The molecule has 7 nitrogen and oxygen atoms in total. The van der Waals surface area contributed by atoms with Crippen molar-refractivity contribution in [1.29, 1.82) is 0 Å². The van der Waals surface area contributed by atoms with Crippen LogP contribution in [0.4, 0.5) is 10.9 Å². The van der Waals surface area contributed by atoms with Crippen LogP contribution in [-0.4, -0.2) is 33.5 Å². The SMILES string of the molecule is O=C(CCn1c(=O)c(N2CCCC2)nc2ccccc21)Nc1nc2c(s1)CCCC2. The van der Waals surface area contributed by atoms with Crippen molar-refractivity contribution in [2.45, 2.75) is 51.5 Å². The quantitative estimate of drug-likeness (QED) is 0.681. The number of anilines is 2. The van der Waals surface area contributed by atoms with E-state index < -0.39 is 0 Å². The molecular weight excluding hydrogens is 398 g/mol. The van der Waals surface area contributed by atoms with Gasteiger partial charge in [-0.3, -0.25) is 9.59 Å². The van der Waals surface area contributed by atoms with E-state index in [1.165, 1.54) is 17.7 Å². The zero-order valence-corrected chi connectivity index (χ0v) is 17.7. The number of carbonyl (C=O) groups is 1. The molecule has 1 fully saturated rings. The van der Waals surface area contributed by atoms with Gasteiger partial charge >= 0.3 is 0 Å². The minimum Gasteiger partial charge on any atom is -0.352 e. The Balaban J connectivity index is 1.36. The van der Waals surface area contributed by atoms with Crippen LogP contribution in [0.2, 0.25) is 0 Å². The molecule has 0 atom stereocenters. The molecule has 1 amide bonds. The third kappa shape index (κ3) is 3.71. The van der Waals surface area contributed by atoms with Gasteiger partial charge in [0.25, 0.3) is 5.56 Å². The largest absolute Gasteiger partial charge is 0.352 e. The molecule has 2 aromatic heterocycles. The Morgan fingerprint density at radius 1 is 1.07 bits per heavy atom. The van der Waals surface area contributed by atoms with Crippen molar-refractivity contribution >= 4 is 39.2 Å². The van der Waals surface area contributed by atoms with Crippen LogP contribution in [0.25, 0.3) is 11.0 Å². The molecule has 1 saturated heterocycles. The van der Waals surface area contributed by atoms with Crippen molar-refractivity contribution < 1.29 is 4.79 Å². The molecule has 3 aromatic rings. The Morgan fingerprint density at radius 3 is 2.70 bits per heavy atom. The van der Waals surface area contributed by atoms with Crippen LogP contribution < -0.4 is 15.8 Å². The third-order valence-corrected chi connectivity index (χ3v) is 6.97. The van der Waals surface area contributed by atoms with E-state index in [1.807, 2.05) is 24.3 Å². The maximum Gasteiger partial charge on any atom is 0.294 e. The summed E-state index contributed by atoms with van der Waals surface area (Å²) < 4.78 is 1.70. The first kappa shape index (κ1) is 19.2. The number of carbonyl (C=O) groups excluding carboxylic acids is 1. The molecule has 3 heterocycles. The van der Waals surface area contributed by atoms with Gasteiger partial charge in [-0.25, -0.2) is 9.97 Å². The summed E-state index contributed by atoms with van der Waals surface area (Å²) in [6.07, 6.45) is 6.79. The number of aryl methyl sites for hydroxylation is 3. The lowest BCUT2D eigenvalue weighted by atomic mass is 10.0. The Bertz CT molecular complexity index is 1120. The van der Waals surface area contributed by atoms with Gasteiger partial charge in [0.05, 0.1) is 16.7 Å². The second kappa shape index (κ2) is 8.18. The van der Waals surface area contributed by atoms with Gasteiger partial charge in [-0.05, 0) is 50.7 Å². The summed E-state index contributed by atoms with van der Waals surface area (Å²) in [7, 11) is 0. The topological polar surface area (TPSA) is 80.1 Å². The summed E-state index contributed by atoms with van der Waals surface area (Å²) in [6, 6.07) is 7.64. The maximum absolute atomic E-state index is 13.2. The van der Waals surface area contributed by atoms with Gasteiger partial charge in [0, 0.05) is 30.9 Å². The summed E-state index contributed by atoms with van der Waals surface area (Å²) in [5.41, 5.74) is 2.57. The number of para-hydroxylation sites is 2. The van der Waals surface area contributed by atoms with Crippen LogP contribution in [0, 0.1) is 0 Å². The van der Waals surface area contributed by atoms with Gasteiger partial charge in [-0.1, -0.05) is 12.1 Å². The normalized spacial score (nSPS) is 16.1. The van der Waals surface area contributed by atoms with Crippen LogP contribution in [0.15, 0.2) is 29.1 Å². The smallest absolute Gasteiger partial charge is 0.294 e. The minimum absolute atomic E-state index is 0.114. The summed E-state index contributed by atoms with van der Waals surface area (Å²) in [5, 5.41) is 3.61. The highest BCUT2D eigenvalue weighted by molar-refractivity contribution is 7.15. The molecule has 0 unspecified atom stereocenters. The van der Waals surface area contributed by atoms with Crippen LogP contribution in [-0.2, 0) is 24.2 Å². The molecule has 0 saturated carbocycles. The highest BCUT2D eigenvalue weighted by atomic mass is 32.1. The van der Waals surface area contributed by atoms with Crippen molar-refractivity contribution in [1.82, 2.24) is 14.5 Å². The van der Waals surface area contributed by atoms with E-state index in [9.17, 15) is 9.59 Å². The number of thiazole rings is 1. The number of hydrogen-bond donors (Lipinski definition) is 1. The average molecular weight is 424 g/mol. The number of benzene rings is 1. The fourth-order valence-electron chi connectivity index (χ4n) is 4.34. The molecular formula is C22H25N5O2S. The van der Waals surface area contributed by atoms with Crippen molar-refractivity contribution in [3.05, 3.63) is 45.2 Å². The molecule has 0 bridgehead atoms. The van der Waals surface area contributed by atoms with E-state index >= 15 is 0 Å². The molecule has 1 aliphatic carbocycles.